The van der Waals surface area contributed by atoms with Gasteiger partial charge < -0.3 is 74.3 Å². The normalized spacial score (nSPS) is 16.0. The Balaban J connectivity index is 0.728. The van der Waals surface area contributed by atoms with E-state index in [1.807, 2.05) is 56.3 Å². The highest BCUT2D eigenvalue weighted by Crippen LogP contribution is 2.66. The van der Waals surface area contributed by atoms with Crippen LogP contribution in [0.25, 0.3) is 53.3 Å². The molecule has 0 aliphatic carbocycles. The highest BCUT2D eigenvalue weighted by Gasteiger charge is 2.44. The number of benzene rings is 4. The lowest BCUT2D eigenvalue weighted by Crippen LogP contribution is -2.29. The molecule has 7 aromatic rings. The number of nitrogen functional groups attached to an aromatic ring is 1. The number of phosphoric acid groups is 3. The first-order valence-corrected chi connectivity index (χ1v) is 35.9. The summed E-state index contributed by atoms with van der Waals surface area (Å²) in [7, 11) is -16.9. The zero-order valence-corrected chi connectivity index (χ0v) is 56.6. The zero-order chi connectivity index (χ0) is 70.6. The number of fused-ring (bicyclic) bond motifs is 2. The van der Waals surface area contributed by atoms with E-state index in [2.05, 4.69) is 51.3 Å². The van der Waals surface area contributed by atoms with Gasteiger partial charge in [0.15, 0.2) is 6.23 Å². The van der Waals surface area contributed by atoms with E-state index in [1.165, 1.54) is 23.6 Å². The number of Topliss-reactive ketones (excluding diaryl/α,β-unsaturated/α-hetero) is 1. The lowest BCUT2D eigenvalue weighted by Gasteiger charge is -2.21. The largest absolute Gasteiger partial charge is 0.491 e. The number of ketones is 1. The monoisotopic (exact) mass is 1430 g/mol. The number of azide groups is 1. The number of aromatic nitrogens is 2. The molecule has 1 saturated heterocycles. The smallest absolute Gasteiger partial charge is 0.490 e. The second kappa shape index (κ2) is 35.3. The average Bonchev–Trinajstić information content (AvgIpc) is 1.17. The van der Waals surface area contributed by atoms with Gasteiger partial charge in [0.2, 0.25) is 5.91 Å². The number of nitrogens with two attached hydrogens (primary N) is 1. The zero-order valence-electron chi connectivity index (χ0n) is 53.1. The summed E-state index contributed by atoms with van der Waals surface area (Å²) in [5, 5.41) is 13.0. The molecule has 32 nitrogen and oxygen atoms in total. The lowest BCUT2D eigenvalue weighted by atomic mass is 9.92. The van der Waals surface area contributed by atoms with Crippen molar-refractivity contribution < 1.29 is 93.7 Å². The molecule has 3 amide bonds. The van der Waals surface area contributed by atoms with Crippen LogP contribution in [-0.2, 0) is 55.4 Å². The fraction of sp³-hybridized carbons (Fsp3) is 0.371. The fourth-order valence-electron chi connectivity index (χ4n) is 10.2. The van der Waals surface area contributed by atoms with Crippen molar-refractivity contribution in [2.45, 2.75) is 77.5 Å². The number of hydrogen-bond donors (Lipinski definition) is 8. The Morgan fingerprint density at radius 2 is 1.61 bits per heavy atom. The van der Waals surface area contributed by atoms with Gasteiger partial charge in [-0.15, -0.1) is 11.3 Å². The van der Waals surface area contributed by atoms with Gasteiger partial charge in [-0.1, -0.05) is 53.4 Å². The van der Waals surface area contributed by atoms with Crippen molar-refractivity contribution in [1.29, 1.82) is 0 Å². The summed E-state index contributed by atoms with van der Waals surface area (Å²) < 4.78 is 83.4. The van der Waals surface area contributed by atoms with Crippen LogP contribution in [0.4, 0.5) is 11.4 Å². The highest BCUT2D eigenvalue weighted by molar-refractivity contribution is 7.66. The van der Waals surface area contributed by atoms with Crippen molar-refractivity contribution in [1.82, 2.24) is 25.5 Å². The molecule has 8 rings (SSSR count). The molecule has 0 saturated carbocycles. The van der Waals surface area contributed by atoms with Crippen molar-refractivity contribution in [2.75, 3.05) is 83.0 Å². The van der Waals surface area contributed by atoms with E-state index in [4.69, 9.17) is 58.7 Å². The van der Waals surface area contributed by atoms with Crippen molar-refractivity contribution in [3.05, 3.63) is 151 Å². The summed E-state index contributed by atoms with van der Waals surface area (Å²) in [6.07, 6.45) is -1.94. The molecule has 4 heterocycles. The van der Waals surface area contributed by atoms with Gasteiger partial charge in [0.1, 0.15) is 53.2 Å². The molecule has 9 N–H and O–H groups in total. The molecule has 6 unspecified atom stereocenters. The summed E-state index contributed by atoms with van der Waals surface area (Å²) in [4.78, 5) is 126. The third-order valence-corrected chi connectivity index (χ3v) is 19.5. The molecule has 98 heavy (non-hydrogen) atoms. The molecule has 6 atom stereocenters. The van der Waals surface area contributed by atoms with Crippen LogP contribution in [0.2, 0.25) is 0 Å². The Kier molecular flexibility index (Phi) is 27.2. The van der Waals surface area contributed by atoms with E-state index < -0.39 is 84.3 Å². The van der Waals surface area contributed by atoms with Gasteiger partial charge in [0.05, 0.1) is 53.9 Å². The minimum Gasteiger partial charge on any atom is -0.491 e. The molecule has 36 heteroatoms. The first kappa shape index (κ1) is 75.3. The number of hydrogen-bond acceptors (Lipinski definition) is 23. The van der Waals surface area contributed by atoms with E-state index in [0.717, 1.165) is 39.6 Å². The third-order valence-electron chi connectivity index (χ3n) is 14.6. The minimum absolute atomic E-state index is 0.0201. The number of carbonyl (C=O) groups is 4. The molecule has 1 fully saturated rings. The number of thiazole rings is 1. The second-order valence-electron chi connectivity index (χ2n) is 21.4. The lowest BCUT2D eigenvalue weighted by molar-refractivity contribution is -0.126. The van der Waals surface area contributed by atoms with Crippen LogP contribution in [0.15, 0.2) is 122 Å². The van der Waals surface area contributed by atoms with E-state index in [9.17, 15) is 52.2 Å². The van der Waals surface area contributed by atoms with Crippen LogP contribution in [0, 0.1) is 11.8 Å². The number of nitrogens with zero attached hydrogens (tertiary/aromatic N) is 6. The summed E-state index contributed by atoms with van der Waals surface area (Å²) in [5.41, 5.74) is 18.0. The maximum Gasteiger partial charge on any atom is 0.490 e. The van der Waals surface area contributed by atoms with Crippen LogP contribution < -0.4 is 42.5 Å². The SMILES string of the molecule is CCOC1CC(n2cc(C#CCNC(=O)COCCOC(COc3cccc(C(=O)NCCCC(=O)CCCNC(=O)c4ccccc4-c4c(-c5nc6ccccc6s5)c(=O)oc5cc(N(CC)CC)ccc45)c3)N=[N+]=[N-])c(N)cc2=O)OC1COP(=O)(O)OP(=O)(O)OP(=O)(O)O. The summed E-state index contributed by atoms with van der Waals surface area (Å²) in [6, 6.07) is 27.6. The highest BCUT2D eigenvalue weighted by atomic mass is 32.1. The van der Waals surface area contributed by atoms with Gasteiger partial charge in [-0.3, -0.25) is 33.1 Å². The number of amides is 3. The van der Waals surface area contributed by atoms with Gasteiger partial charge in [-0.25, -0.2) is 23.5 Å². The topological polar surface area (TPSA) is 453 Å². The molecule has 0 bridgehead atoms. The van der Waals surface area contributed by atoms with Crippen LogP contribution in [0.3, 0.4) is 0 Å². The van der Waals surface area contributed by atoms with Crippen LogP contribution >= 0.6 is 34.8 Å². The van der Waals surface area contributed by atoms with E-state index >= 15 is 0 Å². The van der Waals surface area contributed by atoms with Gasteiger partial charge in [0, 0.05) is 103 Å². The predicted molar refractivity (Wildman–Crippen MR) is 359 cm³/mol. The Morgan fingerprint density at radius 1 is 0.878 bits per heavy atom. The Morgan fingerprint density at radius 3 is 2.34 bits per heavy atom. The number of rotatable bonds is 36. The molecule has 1 aliphatic rings. The van der Waals surface area contributed by atoms with Crippen molar-refractivity contribution in [2.24, 2.45) is 5.11 Å². The van der Waals surface area contributed by atoms with Crippen molar-refractivity contribution in [3.8, 4) is 39.3 Å². The molecule has 522 valence electrons. The van der Waals surface area contributed by atoms with Gasteiger partial charge in [-0.05, 0) is 93.2 Å². The minimum atomic E-state index is -5.78. The van der Waals surface area contributed by atoms with Crippen LogP contribution in [0.1, 0.15) is 85.4 Å². The maximum atomic E-state index is 14.1. The molecule has 0 radical (unpaired) electrons. The molecule has 1 aliphatic heterocycles. The first-order valence-electron chi connectivity index (χ1n) is 30.6. The number of pyridine rings is 1. The summed E-state index contributed by atoms with van der Waals surface area (Å²) in [6.45, 7) is 5.79. The average molecular weight is 1430 g/mol. The Labute approximate surface area is 563 Å². The number of phosphoric ester groups is 1. The molecule has 3 aromatic heterocycles. The summed E-state index contributed by atoms with van der Waals surface area (Å²) in [5.74, 6) is 4.27. The number of para-hydroxylation sites is 1. The van der Waals surface area contributed by atoms with E-state index in [0.29, 0.717) is 45.5 Å². The summed E-state index contributed by atoms with van der Waals surface area (Å²) >= 11 is 1.36. The Bertz CT molecular complexity index is 4380. The fourth-order valence-corrected chi connectivity index (χ4v) is 14.2. The number of nitrogens with one attached hydrogen (secondary N) is 3. The number of ether oxygens (including phenoxy) is 5. The standard InChI is InChI=1S/C62H71N10O22P3S/c1-4-71(5-2)41-24-25-46-49(32-41)92-62(78)58(61-68-48-22-9-10-23-52(48)98-61)57(46)44-20-7-8-21-45(44)60(77)67-28-14-18-42(73)17-13-27-66-59(76)39-15-11-19-43(31-39)89-38-54(69-70-64)88-30-29-86-37-53(74)65-26-12-16-40-35-72(55(75)33-47(40)63)56-34-50(87-6-3)51(91-56)36-90-96(82,83)94-97(84,85)93-95(79,80)81/h7-11,15,19-25,31-33,35,50-51,54,56H,4-6,13-14,17-18,26-30,34,36-38,63H2,1-3H3,(H,65,74)(H,66,76)(H,67,77)(H,82,83)(H,84,85)(H2,79,80,81). The second-order valence-corrected chi connectivity index (χ2v) is 26.9. The Hall–Kier alpha value is -8.47. The molecular formula is C62H71N10O22P3S. The molecule has 0 spiro atoms. The van der Waals surface area contributed by atoms with Gasteiger partial charge in [0.25, 0.3) is 17.4 Å². The third kappa shape index (κ3) is 21.5. The van der Waals surface area contributed by atoms with E-state index in [-0.39, 0.29) is 105 Å². The van der Waals surface area contributed by atoms with Crippen molar-refractivity contribution in [3.63, 3.8) is 0 Å². The number of anilines is 2. The van der Waals surface area contributed by atoms with Crippen LogP contribution in [0.5, 0.6) is 5.75 Å². The quantitative estimate of drug-likeness (QED) is 0.00352. The maximum absolute atomic E-state index is 14.1. The van der Waals surface area contributed by atoms with E-state index in [1.54, 1.807) is 49.4 Å². The first-order chi connectivity index (χ1) is 46.9. The van der Waals surface area contributed by atoms with Crippen LogP contribution in [-0.4, -0.2) is 143 Å². The molecular weight excluding hydrogens is 1360 g/mol. The van der Waals surface area contributed by atoms with Gasteiger partial charge >= 0.3 is 29.1 Å². The predicted octanol–water partition coefficient (Wildman–Crippen LogP) is 7.87. The van der Waals surface area contributed by atoms with Crippen molar-refractivity contribution >= 4 is 90.9 Å². The molecule has 4 aromatic carbocycles. The van der Waals surface area contributed by atoms with Gasteiger partial charge in [-0.2, -0.15) is 8.62 Å². The number of carbonyl (C=O) groups excluding carboxylic acids is 4.